The van der Waals surface area contributed by atoms with Crippen molar-refractivity contribution in [3.05, 3.63) is 29.3 Å². The molecular weight excluding hydrogens is 178 g/mol. The van der Waals surface area contributed by atoms with Gasteiger partial charge in [-0.15, -0.1) is 0 Å². The maximum absolute atomic E-state index is 11.1. The van der Waals surface area contributed by atoms with Gasteiger partial charge in [-0.3, -0.25) is 4.79 Å². The van der Waals surface area contributed by atoms with E-state index in [9.17, 15) is 4.79 Å². The van der Waals surface area contributed by atoms with Crippen molar-refractivity contribution in [1.82, 2.24) is 0 Å². The normalized spacial score (nSPS) is 12.8. The van der Waals surface area contributed by atoms with Crippen molar-refractivity contribution >= 4 is 11.6 Å². The summed E-state index contributed by atoms with van der Waals surface area (Å²) in [5.74, 6) is 5.36. The van der Waals surface area contributed by atoms with Crippen LogP contribution in [0.25, 0.3) is 0 Å². The number of aliphatic hydroxyl groups is 1. The van der Waals surface area contributed by atoms with E-state index in [4.69, 9.17) is 5.11 Å². The molecule has 1 aliphatic rings. The first kappa shape index (κ1) is 8.79. The minimum atomic E-state index is -0.169. The summed E-state index contributed by atoms with van der Waals surface area (Å²) in [5.41, 5.74) is 2.53. The predicted molar refractivity (Wildman–Crippen MR) is 52.7 cm³/mol. The number of benzene rings is 1. The number of fused-ring (bicyclic) bond motifs is 1. The number of carbonyl (C=O) groups excluding carboxylic acids is 1. The van der Waals surface area contributed by atoms with E-state index in [0.29, 0.717) is 6.42 Å². The van der Waals surface area contributed by atoms with Crippen LogP contribution in [0, 0.1) is 11.8 Å². The SMILES string of the molecule is O=C1Cc2cccc(C#CCO)c2N1. The number of para-hydroxylation sites is 1. The molecule has 14 heavy (non-hydrogen) atoms. The zero-order valence-corrected chi connectivity index (χ0v) is 7.50. The second-order valence-corrected chi connectivity index (χ2v) is 3.02. The molecule has 0 saturated heterocycles. The molecule has 1 heterocycles. The summed E-state index contributed by atoms with van der Waals surface area (Å²) < 4.78 is 0. The first-order valence-electron chi connectivity index (χ1n) is 4.33. The molecule has 2 rings (SSSR count). The van der Waals surface area contributed by atoms with Crippen LogP contribution in [0.15, 0.2) is 18.2 Å². The van der Waals surface area contributed by atoms with Crippen LogP contribution in [-0.4, -0.2) is 17.6 Å². The number of nitrogens with one attached hydrogen (secondary N) is 1. The largest absolute Gasteiger partial charge is 0.384 e. The van der Waals surface area contributed by atoms with Crippen molar-refractivity contribution < 1.29 is 9.90 Å². The lowest BCUT2D eigenvalue weighted by Crippen LogP contribution is -2.04. The van der Waals surface area contributed by atoms with Crippen LogP contribution in [0.1, 0.15) is 11.1 Å². The first-order valence-corrected chi connectivity index (χ1v) is 4.33. The van der Waals surface area contributed by atoms with Crippen molar-refractivity contribution in [3.8, 4) is 11.8 Å². The first-order chi connectivity index (χ1) is 6.81. The third-order valence-electron chi connectivity index (χ3n) is 2.07. The number of amides is 1. The van der Waals surface area contributed by atoms with E-state index < -0.39 is 0 Å². The Bertz CT molecular complexity index is 440. The summed E-state index contributed by atoms with van der Waals surface area (Å²) in [4.78, 5) is 11.1. The zero-order chi connectivity index (χ0) is 9.97. The predicted octanol–water partition coefficient (Wildman–Crippen LogP) is 0.525. The Hall–Kier alpha value is -1.79. The highest BCUT2D eigenvalue weighted by molar-refractivity contribution is 6.00. The molecule has 0 bridgehead atoms. The van der Waals surface area contributed by atoms with Crippen molar-refractivity contribution in [3.63, 3.8) is 0 Å². The molecule has 1 amide bonds. The van der Waals surface area contributed by atoms with Gasteiger partial charge in [0.1, 0.15) is 6.61 Å². The second kappa shape index (κ2) is 3.52. The van der Waals surface area contributed by atoms with Gasteiger partial charge < -0.3 is 10.4 Å². The monoisotopic (exact) mass is 187 g/mol. The lowest BCUT2D eigenvalue weighted by molar-refractivity contribution is -0.115. The Morgan fingerprint density at radius 3 is 3.14 bits per heavy atom. The van der Waals surface area contributed by atoms with Gasteiger partial charge in [0.05, 0.1) is 12.1 Å². The molecule has 0 fully saturated rings. The average molecular weight is 187 g/mol. The molecule has 0 saturated carbocycles. The summed E-state index contributed by atoms with van der Waals surface area (Å²) >= 11 is 0. The van der Waals surface area contributed by atoms with Crippen LogP contribution in [0.5, 0.6) is 0 Å². The zero-order valence-electron chi connectivity index (χ0n) is 7.50. The lowest BCUT2D eigenvalue weighted by atomic mass is 10.1. The number of anilines is 1. The molecule has 3 heteroatoms. The van der Waals surface area contributed by atoms with E-state index >= 15 is 0 Å². The van der Waals surface area contributed by atoms with E-state index in [-0.39, 0.29) is 12.5 Å². The van der Waals surface area contributed by atoms with Gasteiger partial charge in [-0.25, -0.2) is 0 Å². The highest BCUT2D eigenvalue weighted by Gasteiger charge is 2.19. The van der Waals surface area contributed by atoms with E-state index in [0.717, 1.165) is 16.8 Å². The van der Waals surface area contributed by atoms with Gasteiger partial charge >= 0.3 is 0 Å². The van der Waals surface area contributed by atoms with Gasteiger partial charge in [0.15, 0.2) is 0 Å². The van der Waals surface area contributed by atoms with Crippen LogP contribution in [0.4, 0.5) is 5.69 Å². The molecule has 0 unspecified atom stereocenters. The fourth-order valence-corrected chi connectivity index (χ4v) is 1.49. The van der Waals surface area contributed by atoms with Gasteiger partial charge in [0.25, 0.3) is 0 Å². The fourth-order valence-electron chi connectivity index (χ4n) is 1.49. The van der Waals surface area contributed by atoms with Crippen LogP contribution in [0.3, 0.4) is 0 Å². The summed E-state index contributed by atoms with van der Waals surface area (Å²) in [5, 5.41) is 11.3. The highest BCUT2D eigenvalue weighted by Crippen LogP contribution is 2.26. The minimum absolute atomic E-state index is 0.00162. The fraction of sp³-hybridized carbons (Fsp3) is 0.182. The minimum Gasteiger partial charge on any atom is -0.384 e. The quantitative estimate of drug-likeness (QED) is 0.582. The Morgan fingerprint density at radius 2 is 2.36 bits per heavy atom. The maximum Gasteiger partial charge on any atom is 0.228 e. The van der Waals surface area contributed by atoms with E-state index in [1.807, 2.05) is 18.2 Å². The summed E-state index contributed by atoms with van der Waals surface area (Å²) in [6.45, 7) is -0.169. The summed E-state index contributed by atoms with van der Waals surface area (Å²) in [6.07, 6.45) is 0.421. The number of rotatable bonds is 0. The van der Waals surface area contributed by atoms with Crippen LogP contribution in [-0.2, 0) is 11.2 Å². The molecule has 0 aliphatic carbocycles. The number of aliphatic hydroxyl groups excluding tert-OH is 1. The van der Waals surface area contributed by atoms with Crippen LogP contribution >= 0.6 is 0 Å². The Balaban J connectivity index is 2.44. The third-order valence-corrected chi connectivity index (χ3v) is 2.07. The van der Waals surface area contributed by atoms with Crippen molar-refractivity contribution in [2.45, 2.75) is 6.42 Å². The van der Waals surface area contributed by atoms with Gasteiger partial charge in [-0.2, -0.15) is 0 Å². The molecule has 3 nitrogen and oxygen atoms in total. The Kier molecular flexibility index (Phi) is 2.21. The molecule has 2 N–H and O–H groups in total. The second-order valence-electron chi connectivity index (χ2n) is 3.02. The molecule has 0 spiro atoms. The molecule has 1 aliphatic heterocycles. The molecule has 0 radical (unpaired) electrons. The standard InChI is InChI=1S/C11H9NO2/c13-6-2-5-8-3-1-4-9-7-10(14)12-11(8)9/h1,3-4,13H,6-7H2,(H,12,14). The van der Waals surface area contributed by atoms with E-state index in [2.05, 4.69) is 17.2 Å². The topological polar surface area (TPSA) is 49.3 Å². The average Bonchev–Trinajstić information content (AvgIpc) is 2.55. The molecule has 70 valence electrons. The van der Waals surface area contributed by atoms with Crippen LogP contribution < -0.4 is 5.32 Å². The lowest BCUT2D eigenvalue weighted by Gasteiger charge is -2.00. The summed E-state index contributed by atoms with van der Waals surface area (Å²) in [7, 11) is 0. The van der Waals surface area contributed by atoms with Gasteiger partial charge in [0.2, 0.25) is 5.91 Å². The van der Waals surface area contributed by atoms with Gasteiger partial charge in [-0.05, 0) is 11.6 Å². The maximum atomic E-state index is 11.1. The Morgan fingerprint density at radius 1 is 1.50 bits per heavy atom. The van der Waals surface area contributed by atoms with Gasteiger partial charge in [-0.1, -0.05) is 24.0 Å². The molecule has 0 atom stereocenters. The van der Waals surface area contributed by atoms with Crippen molar-refractivity contribution in [2.75, 3.05) is 11.9 Å². The van der Waals surface area contributed by atoms with Crippen molar-refractivity contribution in [1.29, 1.82) is 0 Å². The molecule has 0 aromatic heterocycles. The molecular formula is C11H9NO2. The number of carbonyl (C=O) groups is 1. The molecule has 1 aromatic rings. The number of hydrogen-bond acceptors (Lipinski definition) is 2. The number of hydrogen-bond donors (Lipinski definition) is 2. The third kappa shape index (κ3) is 1.48. The summed E-state index contributed by atoms with van der Waals surface area (Å²) in [6, 6.07) is 5.59. The van der Waals surface area contributed by atoms with Gasteiger partial charge in [0, 0.05) is 5.56 Å². The van der Waals surface area contributed by atoms with E-state index in [1.54, 1.807) is 0 Å². The van der Waals surface area contributed by atoms with E-state index in [1.165, 1.54) is 0 Å². The smallest absolute Gasteiger partial charge is 0.228 e. The van der Waals surface area contributed by atoms with Crippen LogP contribution in [0.2, 0.25) is 0 Å². The molecule has 1 aromatic carbocycles. The Labute approximate surface area is 81.8 Å². The van der Waals surface area contributed by atoms with Crippen molar-refractivity contribution in [2.24, 2.45) is 0 Å². The highest BCUT2D eigenvalue weighted by atomic mass is 16.2.